The summed E-state index contributed by atoms with van der Waals surface area (Å²) in [5.41, 5.74) is -2.17. The van der Waals surface area contributed by atoms with E-state index in [0.29, 0.717) is 42.7 Å². The van der Waals surface area contributed by atoms with Gasteiger partial charge in [-0.3, -0.25) is 4.79 Å². The summed E-state index contributed by atoms with van der Waals surface area (Å²) in [5, 5.41) is 56.2. The summed E-state index contributed by atoms with van der Waals surface area (Å²) in [6, 6.07) is 3.14. The number of rotatable bonds is 8. The lowest BCUT2D eigenvalue weighted by molar-refractivity contribution is -0.343. The third-order valence-corrected chi connectivity index (χ3v) is 16.0. The van der Waals surface area contributed by atoms with E-state index in [1.54, 1.807) is 45.9 Å². The maximum Gasteiger partial charge on any atom is 0.379 e. The molecule has 17 atom stereocenters. The number of aliphatic hydroxyl groups is 4. The molecule has 5 N–H and O–H groups in total. The highest BCUT2D eigenvalue weighted by Gasteiger charge is 2.60. The number of methoxy groups -OCH3 is 1. The molecule has 18 heteroatoms. The van der Waals surface area contributed by atoms with Gasteiger partial charge in [0.25, 0.3) is 5.76 Å². The summed E-state index contributed by atoms with van der Waals surface area (Å²) in [6.45, 7) is 8.39. The third-order valence-electron chi connectivity index (χ3n) is 15.6. The zero-order valence-electron chi connectivity index (χ0n) is 39.1. The minimum absolute atomic E-state index is 0.0304. The van der Waals surface area contributed by atoms with E-state index in [0.717, 1.165) is 12.8 Å². The van der Waals surface area contributed by atoms with Crippen LogP contribution in [0.25, 0.3) is 0 Å². The number of aliphatic hydroxyl groups excluding tert-OH is 4. The SMILES string of the molecule is COc1ccc(Cl)c(C)c1C(=O)O[C@@H]1C[C@H](O[C@H]2[C@H](O)[C@@H](O)[C@H](O[C@H]3CCC[C@@H]4[C@@H]3C=C[C@H]3CCCC/C=C\[C@@H]5C=C(C(=O)O)[C@H](C)C[C@]56OC(=O)C(=C6O)OC(=O)[C@@]43C)O[C@@H]2C)O[C@H](C)[C@H]1O. The van der Waals surface area contributed by atoms with Crippen molar-refractivity contribution in [1.82, 2.24) is 0 Å². The van der Waals surface area contributed by atoms with Gasteiger partial charge in [-0.05, 0) is 95.2 Å². The second kappa shape index (κ2) is 19.8. The van der Waals surface area contributed by atoms with Crippen LogP contribution in [0.4, 0.5) is 0 Å². The summed E-state index contributed by atoms with van der Waals surface area (Å²) >= 11 is 6.29. The Balaban J connectivity index is 0.968. The van der Waals surface area contributed by atoms with Crippen LogP contribution in [0.5, 0.6) is 5.75 Å². The molecule has 372 valence electrons. The van der Waals surface area contributed by atoms with Gasteiger partial charge in [0, 0.05) is 35.3 Å². The Morgan fingerprint density at radius 3 is 2.40 bits per heavy atom. The van der Waals surface area contributed by atoms with Gasteiger partial charge in [0.05, 0.1) is 30.8 Å². The Morgan fingerprint density at radius 2 is 1.66 bits per heavy atom. The Labute approximate surface area is 400 Å². The maximum absolute atomic E-state index is 14.8. The van der Waals surface area contributed by atoms with Gasteiger partial charge in [-0.1, -0.05) is 61.7 Å². The van der Waals surface area contributed by atoms with E-state index >= 15 is 0 Å². The molecule has 0 radical (unpaired) electrons. The molecule has 1 aromatic carbocycles. The van der Waals surface area contributed by atoms with Crippen molar-refractivity contribution in [2.75, 3.05) is 7.11 Å². The topological polar surface area (TPSA) is 243 Å². The van der Waals surface area contributed by atoms with Gasteiger partial charge in [0.1, 0.15) is 41.8 Å². The smallest absolute Gasteiger partial charge is 0.379 e. The predicted octanol–water partition coefficient (Wildman–Crippen LogP) is 5.93. The number of carboxylic acids is 1. The van der Waals surface area contributed by atoms with Gasteiger partial charge in [-0.2, -0.15) is 0 Å². The number of ether oxygens (including phenoxy) is 8. The Morgan fingerprint density at radius 1 is 0.897 bits per heavy atom. The summed E-state index contributed by atoms with van der Waals surface area (Å²) in [7, 11) is 1.41. The first-order valence-electron chi connectivity index (χ1n) is 23.7. The van der Waals surface area contributed by atoms with Crippen molar-refractivity contribution in [3.05, 3.63) is 75.8 Å². The number of carbonyl (C=O) groups is 4. The van der Waals surface area contributed by atoms with E-state index in [1.165, 1.54) is 13.2 Å². The molecule has 68 heavy (non-hydrogen) atoms. The molecule has 7 aliphatic rings. The molecule has 1 saturated carbocycles. The van der Waals surface area contributed by atoms with Gasteiger partial charge in [-0.15, -0.1) is 0 Å². The fourth-order valence-electron chi connectivity index (χ4n) is 11.6. The van der Waals surface area contributed by atoms with Gasteiger partial charge < -0.3 is 63.4 Å². The van der Waals surface area contributed by atoms with Crippen LogP contribution in [0, 0.1) is 41.9 Å². The van der Waals surface area contributed by atoms with Crippen LogP contribution < -0.4 is 4.74 Å². The Hall–Kier alpha value is -4.33. The Bertz CT molecular complexity index is 2260. The van der Waals surface area contributed by atoms with Crippen molar-refractivity contribution in [2.24, 2.45) is 35.0 Å². The standard InChI is InChI=1S/C50H63ClO17/c1-23-22-50-28(20-30(23)44(56)57)13-10-8-7-9-12-27-16-17-29-31(49(27,5)48(60)67-42(43(50)55)46(59)68-50)14-11-15-33(29)65-47-40(54)39(53)41(26(4)63-47)66-36-21-35(38(52)25(3)62-36)64-45(58)37-24(2)32(51)18-19-34(37)61-6/h10,13,16-20,23,25-29,31,33,35-36,38-41,47,52-55H,7-9,11-12,14-15,21-22H2,1-6H3,(H,56,57)/b13-10-/t23-,25-,26-,27-,28-,29+,31-,33+,35-,36+,38-,39-,40-,41-,47+,49-,50+/m1/s1. The average molecular weight is 971 g/mol. The van der Waals surface area contributed by atoms with E-state index in [1.807, 2.05) is 25.2 Å². The first-order chi connectivity index (χ1) is 32.3. The zero-order chi connectivity index (χ0) is 49.0. The molecule has 2 saturated heterocycles. The molecular formula is C50H63ClO17. The monoisotopic (exact) mass is 970 g/mol. The molecule has 0 unspecified atom stereocenters. The van der Waals surface area contributed by atoms with Crippen LogP contribution in [0.15, 0.2) is 59.6 Å². The van der Waals surface area contributed by atoms with E-state index in [9.17, 15) is 44.7 Å². The number of benzene rings is 1. The molecule has 4 aliphatic heterocycles. The number of fused-ring (bicyclic) bond motifs is 3. The normalized spacial score (nSPS) is 41.1. The van der Waals surface area contributed by atoms with Crippen molar-refractivity contribution in [2.45, 2.75) is 159 Å². The summed E-state index contributed by atoms with van der Waals surface area (Å²) < 4.78 is 47.9. The molecule has 4 heterocycles. The highest BCUT2D eigenvalue weighted by molar-refractivity contribution is 6.32. The molecule has 1 spiro atoms. The highest BCUT2D eigenvalue weighted by Crippen LogP contribution is 2.55. The number of esters is 3. The molecule has 3 fully saturated rings. The van der Waals surface area contributed by atoms with E-state index in [4.69, 9.17) is 49.5 Å². The van der Waals surface area contributed by atoms with Crippen LogP contribution in [0.2, 0.25) is 5.02 Å². The van der Waals surface area contributed by atoms with Crippen molar-refractivity contribution >= 4 is 35.5 Å². The first kappa shape index (κ1) is 50.1. The van der Waals surface area contributed by atoms with Crippen molar-refractivity contribution in [3.8, 4) is 5.75 Å². The molecule has 3 aliphatic carbocycles. The number of halogens is 1. The number of allylic oxidation sites excluding steroid dienone is 2. The summed E-state index contributed by atoms with van der Waals surface area (Å²) in [4.78, 5) is 54.0. The number of hydrogen-bond donors (Lipinski definition) is 5. The van der Waals surface area contributed by atoms with Gasteiger partial charge in [-0.25, -0.2) is 14.4 Å². The van der Waals surface area contributed by atoms with Gasteiger partial charge in [0.15, 0.2) is 23.9 Å². The molecule has 2 bridgehead atoms. The quantitative estimate of drug-likeness (QED) is 0.115. The second-order valence-corrected chi connectivity index (χ2v) is 20.1. The van der Waals surface area contributed by atoms with Crippen LogP contribution in [-0.4, -0.2) is 124 Å². The molecule has 8 rings (SSSR count). The Kier molecular flexibility index (Phi) is 14.6. The molecule has 0 aromatic heterocycles. The fraction of sp³-hybridized carbons (Fsp3) is 0.640. The third kappa shape index (κ3) is 9.02. The van der Waals surface area contributed by atoms with Gasteiger partial charge in [0.2, 0.25) is 0 Å². The minimum Gasteiger partial charge on any atom is -0.505 e. The predicted molar refractivity (Wildman–Crippen MR) is 240 cm³/mol. The minimum atomic E-state index is -1.65. The van der Waals surface area contributed by atoms with Crippen molar-refractivity contribution in [3.63, 3.8) is 0 Å². The van der Waals surface area contributed by atoms with E-state index in [-0.39, 0.29) is 47.5 Å². The lowest BCUT2D eigenvalue weighted by Crippen LogP contribution is -2.61. The van der Waals surface area contributed by atoms with Gasteiger partial charge >= 0.3 is 23.9 Å². The van der Waals surface area contributed by atoms with Crippen LogP contribution in [0.1, 0.15) is 101 Å². The molecule has 0 amide bonds. The second-order valence-electron chi connectivity index (χ2n) is 19.7. The average Bonchev–Trinajstić information content (AvgIpc) is 3.52. The number of carbonyl (C=O) groups excluding carboxylic acids is 3. The highest BCUT2D eigenvalue weighted by atomic mass is 35.5. The van der Waals surface area contributed by atoms with Crippen molar-refractivity contribution < 1.29 is 82.6 Å². The number of carboxylic acid groups (broad SMARTS) is 1. The van der Waals surface area contributed by atoms with Crippen LogP contribution >= 0.6 is 11.6 Å². The van der Waals surface area contributed by atoms with Crippen LogP contribution in [0.3, 0.4) is 0 Å². The summed E-state index contributed by atoms with van der Waals surface area (Å²) in [6.07, 6.45) is 2.29. The van der Waals surface area contributed by atoms with Crippen molar-refractivity contribution in [1.29, 1.82) is 0 Å². The largest absolute Gasteiger partial charge is 0.505 e. The number of aliphatic carboxylic acids is 1. The lowest BCUT2D eigenvalue weighted by atomic mass is 9.55. The fourth-order valence-corrected chi connectivity index (χ4v) is 11.8. The van der Waals surface area contributed by atoms with E-state index in [2.05, 4.69) is 0 Å². The van der Waals surface area contributed by atoms with E-state index < -0.39 is 120 Å². The maximum atomic E-state index is 14.8. The lowest BCUT2D eigenvalue weighted by Gasteiger charge is -2.51. The zero-order valence-corrected chi connectivity index (χ0v) is 39.8. The molecule has 17 nitrogen and oxygen atoms in total. The first-order valence-corrected chi connectivity index (χ1v) is 24.1. The molecule has 1 aromatic rings. The molecular weight excluding hydrogens is 908 g/mol. The van der Waals surface area contributed by atoms with Crippen LogP contribution in [-0.2, 0) is 47.5 Å². The summed E-state index contributed by atoms with van der Waals surface area (Å²) in [5.74, 6) is -6.97. The number of hydrogen-bond acceptors (Lipinski definition) is 16.